The van der Waals surface area contributed by atoms with Crippen LogP contribution in [0.2, 0.25) is 0 Å². The molecule has 1 heterocycles. The number of carbonyl (C=O) groups excluding carboxylic acids is 2. The molecule has 6 nitrogen and oxygen atoms in total. The van der Waals surface area contributed by atoms with Gasteiger partial charge in [-0.1, -0.05) is 30.3 Å². The number of benzene rings is 1. The van der Waals surface area contributed by atoms with Gasteiger partial charge in [-0.05, 0) is 5.56 Å². The summed E-state index contributed by atoms with van der Waals surface area (Å²) in [5.41, 5.74) is 0.915. The van der Waals surface area contributed by atoms with Gasteiger partial charge in [-0.3, -0.25) is 4.79 Å². The zero-order valence-corrected chi connectivity index (χ0v) is 12.2. The van der Waals surface area contributed by atoms with Crippen molar-refractivity contribution in [3.8, 4) is 0 Å². The van der Waals surface area contributed by atoms with Crippen LogP contribution >= 0.6 is 0 Å². The second-order valence-electron chi connectivity index (χ2n) is 4.85. The normalized spacial score (nSPS) is 21.1. The van der Waals surface area contributed by atoms with Gasteiger partial charge in [0.15, 0.2) is 0 Å². The molecular weight excluding hydrogens is 274 g/mol. The van der Waals surface area contributed by atoms with E-state index < -0.39 is 12.0 Å². The topological polar surface area (TPSA) is 65.1 Å². The Morgan fingerprint density at radius 2 is 1.90 bits per heavy atom. The van der Waals surface area contributed by atoms with Crippen molar-refractivity contribution < 1.29 is 23.8 Å². The van der Waals surface area contributed by atoms with Gasteiger partial charge in [0.2, 0.25) is 0 Å². The first kappa shape index (κ1) is 15.3. The van der Waals surface area contributed by atoms with Crippen molar-refractivity contribution in [2.75, 3.05) is 27.3 Å². The lowest BCUT2D eigenvalue weighted by molar-refractivity contribution is -0.148. The Balaban J connectivity index is 1.90. The maximum absolute atomic E-state index is 12.0. The van der Waals surface area contributed by atoms with Crippen LogP contribution in [0.4, 0.5) is 4.79 Å². The highest BCUT2D eigenvalue weighted by Crippen LogP contribution is 2.21. The molecular formula is C15H19NO5. The van der Waals surface area contributed by atoms with Crippen LogP contribution in [0.1, 0.15) is 5.56 Å². The maximum Gasteiger partial charge on any atom is 0.410 e. The average molecular weight is 293 g/mol. The smallest absolute Gasteiger partial charge is 0.410 e. The van der Waals surface area contributed by atoms with E-state index in [1.807, 2.05) is 30.3 Å². The predicted molar refractivity (Wildman–Crippen MR) is 74.5 cm³/mol. The van der Waals surface area contributed by atoms with Gasteiger partial charge in [0.05, 0.1) is 19.8 Å². The van der Waals surface area contributed by atoms with E-state index >= 15 is 0 Å². The van der Waals surface area contributed by atoms with E-state index in [1.165, 1.54) is 19.1 Å². The van der Waals surface area contributed by atoms with E-state index in [-0.39, 0.29) is 25.2 Å². The van der Waals surface area contributed by atoms with Gasteiger partial charge < -0.3 is 19.1 Å². The third kappa shape index (κ3) is 3.72. The fourth-order valence-corrected chi connectivity index (χ4v) is 2.35. The molecule has 0 radical (unpaired) electrons. The number of hydrogen-bond donors (Lipinski definition) is 0. The van der Waals surface area contributed by atoms with Crippen LogP contribution < -0.4 is 0 Å². The van der Waals surface area contributed by atoms with E-state index in [4.69, 9.17) is 14.2 Å². The van der Waals surface area contributed by atoms with Crippen molar-refractivity contribution in [2.45, 2.75) is 12.7 Å². The first-order valence-corrected chi connectivity index (χ1v) is 6.72. The molecule has 1 amide bonds. The molecule has 1 aromatic carbocycles. The molecule has 0 spiro atoms. The lowest BCUT2D eigenvalue weighted by atomic mass is 10.1. The number of nitrogens with zero attached hydrogens (tertiary/aromatic N) is 1. The van der Waals surface area contributed by atoms with Crippen LogP contribution in [0.5, 0.6) is 0 Å². The molecule has 2 unspecified atom stereocenters. The second-order valence-corrected chi connectivity index (χ2v) is 4.85. The van der Waals surface area contributed by atoms with E-state index in [2.05, 4.69) is 0 Å². The summed E-state index contributed by atoms with van der Waals surface area (Å²) in [6.07, 6.45) is -0.811. The summed E-state index contributed by atoms with van der Waals surface area (Å²) >= 11 is 0. The third-order valence-corrected chi connectivity index (χ3v) is 3.54. The number of likely N-dealkylation sites (tertiary alicyclic amines) is 1. The molecule has 0 saturated carbocycles. The lowest BCUT2D eigenvalue weighted by Crippen LogP contribution is -2.30. The number of esters is 1. The first-order valence-electron chi connectivity index (χ1n) is 6.72. The van der Waals surface area contributed by atoms with Gasteiger partial charge in [-0.25, -0.2) is 4.79 Å². The molecule has 0 aromatic heterocycles. The Bertz CT molecular complexity index is 490. The molecule has 1 aromatic rings. The molecule has 0 bridgehead atoms. The van der Waals surface area contributed by atoms with Crippen molar-refractivity contribution in [2.24, 2.45) is 5.92 Å². The molecule has 1 saturated heterocycles. The SMILES string of the molecule is COC(=O)C1CN(C(=O)OCc2ccccc2)CC1OC. The molecule has 2 rings (SSSR count). The second kappa shape index (κ2) is 7.08. The van der Waals surface area contributed by atoms with Crippen LogP contribution in [-0.2, 0) is 25.6 Å². The summed E-state index contributed by atoms with van der Waals surface area (Å²) < 4.78 is 15.2. The summed E-state index contributed by atoms with van der Waals surface area (Å²) in [6, 6.07) is 9.43. The van der Waals surface area contributed by atoms with Crippen LogP contribution in [0.15, 0.2) is 30.3 Å². The summed E-state index contributed by atoms with van der Waals surface area (Å²) in [6.45, 7) is 0.777. The van der Waals surface area contributed by atoms with Gasteiger partial charge in [0, 0.05) is 13.7 Å². The number of hydrogen-bond acceptors (Lipinski definition) is 5. The molecule has 6 heteroatoms. The predicted octanol–water partition coefficient (Wildman–Crippen LogP) is 1.44. The van der Waals surface area contributed by atoms with Gasteiger partial charge in [0.25, 0.3) is 0 Å². The van der Waals surface area contributed by atoms with Crippen LogP contribution in [-0.4, -0.2) is 50.4 Å². The number of methoxy groups -OCH3 is 2. The van der Waals surface area contributed by atoms with Gasteiger partial charge in [-0.15, -0.1) is 0 Å². The number of ether oxygens (including phenoxy) is 3. The molecule has 114 valence electrons. The minimum atomic E-state index is -0.468. The maximum atomic E-state index is 12.0. The van der Waals surface area contributed by atoms with Crippen molar-refractivity contribution in [1.29, 1.82) is 0 Å². The Hall–Kier alpha value is -2.08. The van der Waals surface area contributed by atoms with Gasteiger partial charge in [0.1, 0.15) is 12.5 Å². The number of amides is 1. The van der Waals surface area contributed by atoms with E-state index in [0.29, 0.717) is 6.54 Å². The van der Waals surface area contributed by atoms with Crippen molar-refractivity contribution in [3.63, 3.8) is 0 Å². The summed E-state index contributed by atoms with van der Waals surface area (Å²) in [5, 5.41) is 0. The molecule has 1 aliphatic heterocycles. The van der Waals surface area contributed by atoms with Crippen molar-refractivity contribution in [1.82, 2.24) is 4.90 Å². The van der Waals surface area contributed by atoms with Crippen LogP contribution in [0.25, 0.3) is 0 Å². The molecule has 1 fully saturated rings. The monoisotopic (exact) mass is 293 g/mol. The molecule has 21 heavy (non-hydrogen) atoms. The number of carbonyl (C=O) groups is 2. The van der Waals surface area contributed by atoms with Crippen molar-refractivity contribution >= 4 is 12.1 Å². The Kier molecular flexibility index (Phi) is 5.16. The van der Waals surface area contributed by atoms with Crippen LogP contribution in [0, 0.1) is 5.92 Å². The first-order chi connectivity index (χ1) is 10.2. The Morgan fingerprint density at radius 1 is 1.19 bits per heavy atom. The van der Waals surface area contributed by atoms with Gasteiger partial charge >= 0.3 is 12.1 Å². The van der Waals surface area contributed by atoms with Crippen LogP contribution in [0.3, 0.4) is 0 Å². The minimum Gasteiger partial charge on any atom is -0.469 e. The van der Waals surface area contributed by atoms with Crippen molar-refractivity contribution in [3.05, 3.63) is 35.9 Å². The van der Waals surface area contributed by atoms with E-state index in [1.54, 1.807) is 0 Å². The number of rotatable bonds is 4. The Labute approximate surface area is 123 Å². The van der Waals surface area contributed by atoms with Gasteiger partial charge in [-0.2, -0.15) is 0 Å². The highest BCUT2D eigenvalue weighted by atomic mass is 16.6. The highest BCUT2D eigenvalue weighted by molar-refractivity contribution is 5.76. The fraction of sp³-hybridized carbons (Fsp3) is 0.467. The molecule has 0 aliphatic carbocycles. The third-order valence-electron chi connectivity index (χ3n) is 3.54. The zero-order valence-electron chi connectivity index (χ0n) is 12.2. The minimum absolute atomic E-state index is 0.205. The molecule has 2 atom stereocenters. The Morgan fingerprint density at radius 3 is 2.52 bits per heavy atom. The summed E-state index contributed by atoms with van der Waals surface area (Å²) in [4.78, 5) is 25.2. The molecule has 1 aliphatic rings. The highest BCUT2D eigenvalue weighted by Gasteiger charge is 2.41. The summed E-state index contributed by atoms with van der Waals surface area (Å²) in [7, 11) is 2.84. The van der Waals surface area contributed by atoms with E-state index in [9.17, 15) is 9.59 Å². The lowest BCUT2D eigenvalue weighted by Gasteiger charge is -2.15. The van der Waals surface area contributed by atoms with E-state index in [0.717, 1.165) is 5.56 Å². The molecule has 0 N–H and O–H groups in total. The average Bonchev–Trinajstić information content (AvgIpc) is 2.97. The fourth-order valence-electron chi connectivity index (χ4n) is 2.35. The quantitative estimate of drug-likeness (QED) is 0.786. The largest absolute Gasteiger partial charge is 0.469 e. The summed E-state index contributed by atoms with van der Waals surface area (Å²) in [5.74, 6) is -0.843. The zero-order chi connectivity index (χ0) is 15.2. The standard InChI is InChI=1S/C15H19NO5/c1-19-13-9-16(8-12(13)14(17)20-2)15(18)21-10-11-6-4-3-5-7-11/h3-7,12-13H,8-10H2,1-2H3.